The Labute approximate surface area is 156 Å². The highest BCUT2D eigenvalue weighted by Gasteiger charge is 2.48. The topological polar surface area (TPSA) is 95.3 Å². The van der Waals surface area contributed by atoms with Crippen LogP contribution in [0.5, 0.6) is 0 Å². The highest BCUT2D eigenvalue weighted by Crippen LogP contribution is 2.37. The average molecular weight is 368 g/mol. The van der Waals surface area contributed by atoms with Gasteiger partial charge in [0.25, 0.3) is 5.91 Å². The van der Waals surface area contributed by atoms with Crippen molar-refractivity contribution in [3.05, 3.63) is 59.9 Å². The van der Waals surface area contributed by atoms with E-state index >= 15 is 0 Å². The molecule has 1 aromatic heterocycles. The number of hydrazone groups is 1. The van der Waals surface area contributed by atoms with Gasteiger partial charge in [0, 0.05) is 43.3 Å². The van der Waals surface area contributed by atoms with Gasteiger partial charge >= 0.3 is 5.97 Å². The fraction of sp³-hybridized carbons (Fsp3) is 0.263. The largest absolute Gasteiger partial charge is 0.464 e. The number of hydrogen-bond donors (Lipinski definition) is 1. The third-order valence-electron chi connectivity index (χ3n) is 4.37. The Balaban J connectivity index is 2.03. The Morgan fingerprint density at radius 3 is 2.33 bits per heavy atom. The Morgan fingerprint density at radius 2 is 1.78 bits per heavy atom. The minimum atomic E-state index is -1.80. The number of nitrogens with zero attached hydrogens (tertiary/aromatic N) is 4. The van der Waals surface area contributed by atoms with Crippen LogP contribution in [0.2, 0.25) is 0 Å². The van der Waals surface area contributed by atoms with Crippen LogP contribution < -0.4 is 4.90 Å². The zero-order chi connectivity index (χ0) is 19.6. The number of aromatic nitrogens is 1. The molecule has 0 bridgehead atoms. The predicted molar refractivity (Wildman–Crippen MR) is 99.1 cm³/mol. The molecular formula is C19H20N4O4. The third kappa shape index (κ3) is 3.39. The van der Waals surface area contributed by atoms with E-state index in [-0.39, 0.29) is 12.1 Å². The molecule has 1 atom stereocenters. The van der Waals surface area contributed by atoms with Crippen molar-refractivity contribution < 1.29 is 19.4 Å². The zero-order valence-corrected chi connectivity index (χ0v) is 15.3. The minimum Gasteiger partial charge on any atom is -0.464 e. The van der Waals surface area contributed by atoms with Gasteiger partial charge in [-0.2, -0.15) is 10.1 Å². The number of ether oxygens (including phenoxy) is 1. The third-order valence-corrected chi connectivity index (χ3v) is 4.37. The summed E-state index contributed by atoms with van der Waals surface area (Å²) in [4.78, 5) is 30.7. The molecule has 0 radical (unpaired) electrons. The van der Waals surface area contributed by atoms with Crippen molar-refractivity contribution in [2.75, 3.05) is 26.1 Å². The molecule has 0 unspecified atom stereocenters. The first-order chi connectivity index (χ1) is 12.9. The second kappa shape index (κ2) is 7.16. The molecular weight excluding hydrogens is 348 g/mol. The molecule has 0 spiro atoms. The van der Waals surface area contributed by atoms with Gasteiger partial charge in [0.2, 0.25) is 0 Å². The lowest BCUT2D eigenvalue weighted by atomic mass is 9.96. The van der Waals surface area contributed by atoms with Crippen LogP contribution in [0.15, 0.2) is 53.9 Å². The van der Waals surface area contributed by atoms with E-state index in [1.807, 2.05) is 31.1 Å². The fourth-order valence-electron chi connectivity index (χ4n) is 2.86. The highest BCUT2D eigenvalue weighted by molar-refractivity contribution is 6.37. The van der Waals surface area contributed by atoms with Crippen molar-refractivity contribution in [1.82, 2.24) is 9.99 Å². The number of amides is 1. The predicted octanol–water partition coefficient (Wildman–Crippen LogP) is 1.37. The molecule has 0 fully saturated rings. The summed E-state index contributed by atoms with van der Waals surface area (Å²) in [5, 5.41) is 16.3. The molecule has 1 aromatic carbocycles. The van der Waals surface area contributed by atoms with Crippen LogP contribution >= 0.6 is 0 Å². The van der Waals surface area contributed by atoms with Crippen LogP contribution in [-0.2, 0) is 15.3 Å². The van der Waals surface area contributed by atoms with E-state index in [0.717, 1.165) is 10.7 Å². The summed E-state index contributed by atoms with van der Waals surface area (Å²) in [5.41, 5.74) is -0.156. The van der Waals surface area contributed by atoms with E-state index < -0.39 is 17.6 Å². The Morgan fingerprint density at radius 1 is 1.15 bits per heavy atom. The number of hydrogen-bond acceptors (Lipinski definition) is 7. The molecule has 8 nitrogen and oxygen atoms in total. The van der Waals surface area contributed by atoms with Crippen LogP contribution in [0, 0.1) is 0 Å². The lowest BCUT2D eigenvalue weighted by molar-refractivity contribution is -0.133. The number of methoxy groups -OCH3 is 1. The van der Waals surface area contributed by atoms with Crippen LogP contribution in [0.1, 0.15) is 22.3 Å². The van der Waals surface area contributed by atoms with Gasteiger partial charge in [-0.15, -0.1) is 0 Å². The molecule has 2 aromatic rings. The molecule has 8 heteroatoms. The van der Waals surface area contributed by atoms with Crippen molar-refractivity contribution in [2.24, 2.45) is 5.10 Å². The number of carbonyl (C=O) groups excluding carboxylic acids is 2. The number of aliphatic hydroxyl groups is 1. The first kappa shape index (κ1) is 18.5. The Bertz CT molecular complexity index is 880. The van der Waals surface area contributed by atoms with Crippen LogP contribution in [0.3, 0.4) is 0 Å². The maximum atomic E-state index is 12.9. The Kier molecular flexibility index (Phi) is 4.91. The molecule has 27 heavy (non-hydrogen) atoms. The van der Waals surface area contributed by atoms with E-state index in [1.54, 1.807) is 12.1 Å². The Hall–Kier alpha value is -3.26. The summed E-state index contributed by atoms with van der Waals surface area (Å²) in [6.07, 6.45) is 2.77. The van der Waals surface area contributed by atoms with Crippen molar-refractivity contribution in [2.45, 2.75) is 12.1 Å². The molecule has 1 amide bonds. The normalized spacial score (nSPS) is 18.8. The monoisotopic (exact) mass is 368 g/mol. The van der Waals surface area contributed by atoms with Gasteiger partial charge in [0.1, 0.15) is 0 Å². The molecule has 1 aliphatic heterocycles. The number of rotatable bonds is 4. The van der Waals surface area contributed by atoms with Crippen molar-refractivity contribution in [3.8, 4) is 0 Å². The molecule has 140 valence electrons. The standard InChI is InChI=1S/C19H20N4O4/c1-22(2)15-6-4-14(5-7-15)19(26)12-16(18(25)27-3)21-23(19)17(24)13-8-10-20-11-9-13/h4-11,26H,12H2,1-3H3/t19-/m1/s1. The van der Waals surface area contributed by atoms with Crippen LogP contribution in [-0.4, -0.2) is 53.9 Å². The summed E-state index contributed by atoms with van der Waals surface area (Å²) in [7, 11) is 5.02. The molecule has 2 heterocycles. The van der Waals surface area contributed by atoms with Crippen LogP contribution in [0.4, 0.5) is 5.69 Å². The van der Waals surface area contributed by atoms with Gasteiger partial charge in [-0.1, -0.05) is 12.1 Å². The summed E-state index contributed by atoms with van der Waals surface area (Å²) < 4.78 is 4.71. The quantitative estimate of drug-likeness (QED) is 0.819. The second-order valence-electron chi connectivity index (χ2n) is 6.33. The van der Waals surface area contributed by atoms with Gasteiger partial charge in [0.15, 0.2) is 11.4 Å². The number of esters is 1. The van der Waals surface area contributed by atoms with E-state index in [0.29, 0.717) is 11.1 Å². The zero-order valence-electron chi connectivity index (χ0n) is 15.3. The van der Waals surface area contributed by atoms with E-state index in [2.05, 4.69) is 10.1 Å². The summed E-state index contributed by atoms with van der Waals surface area (Å²) >= 11 is 0. The van der Waals surface area contributed by atoms with Crippen molar-refractivity contribution in [3.63, 3.8) is 0 Å². The maximum absolute atomic E-state index is 12.9. The molecule has 1 aliphatic rings. The van der Waals surface area contributed by atoms with Gasteiger partial charge in [0.05, 0.1) is 13.5 Å². The van der Waals surface area contributed by atoms with Gasteiger partial charge < -0.3 is 14.7 Å². The summed E-state index contributed by atoms with van der Waals surface area (Å²) in [6.45, 7) is 0. The molecule has 3 rings (SSSR count). The molecule has 0 aliphatic carbocycles. The van der Waals surface area contributed by atoms with Gasteiger partial charge in [-0.25, -0.2) is 4.79 Å². The van der Waals surface area contributed by atoms with E-state index in [4.69, 9.17) is 4.74 Å². The first-order valence-electron chi connectivity index (χ1n) is 8.27. The number of pyridine rings is 1. The maximum Gasteiger partial charge on any atom is 0.354 e. The number of anilines is 1. The SMILES string of the molecule is COC(=O)C1=NN(C(=O)c2ccncc2)[C@](O)(c2ccc(N(C)C)cc2)C1. The summed E-state index contributed by atoms with van der Waals surface area (Å²) in [6, 6.07) is 10.1. The van der Waals surface area contributed by atoms with Crippen LogP contribution in [0.25, 0.3) is 0 Å². The van der Waals surface area contributed by atoms with Crippen molar-refractivity contribution in [1.29, 1.82) is 0 Å². The summed E-state index contributed by atoms with van der Waals surface area (Å²) in [5.74, 6) is -1.24. The highest BCUT2D eigenvalue weighted by atomic mass is 16.5. The second-order valence-corrected chi connectivity index (χ2v) is 6.33. The lowest BCUT2D eigenvalue weighted by Gasteiger charge is -2.31. The first-order valence-corrected chi connectivity index (χ1v) is 8.27. The number of carbonyl (C=O) groups is 2. The van der Waals surface area contributed by atoms with Crippen molar-refractivity contribution >= 4 is 23.3 Å². The average Bonchev–Trinajstić information content (AvgIpc) is 3.06. The molecule has 0 saturated heterocycles. The minimum absolute atomic E-state index is 0.0286. The molecule has 1 N–H and O–H groups in total. The van der Waals surface area contributed by atoms with E-state index in [1.165, 1.54) is 31.6 Å². The fourth-order valence-corrected chi connectivity index (χ4v) is 2.86. The lowest BCUT2D eigenvalue weighted by Crippen LogP contribution is -2.43. The smallest absolute Gasteiger partial charge is 0.354 e. The van der Waals surface area contributed by atoms with E-state index in [9.17, 15) is 14.7 Å². The van der Waals surface area contributed by atoms with Gasteiger partial charge in [-0.3, -0.25) is 9.78 Å². The van der Waals surface area contributed by atoms with Gasteiger partial charge in [-0.05, 0) is 24.3 Å². The molecule has 0 saturated carbocycles. The number of benzene rings is 1.